The summed E-state index contributed by atoms with van der Waals surface area (Å²) < 4.78 is 5.55. The summed E-state index contributed by atoms with van der Waals surface area (Å²) in [5.41, 5.74) is 1.05. The summed E-state index contributed by atoms with van der Waals surface area (Å²) in [5.74, 6) is 0.707. The predicted molar refractivity (Wildman–Crippen MR) is 86.4 cm³/mol. The standard InChI is InChI=1S/C17H22BrNO2/c18-11-14-9-15-7-4-8-16(10-14)19(15)17(20)21-12-13-5-2-1-3-6-13/h1-3,5-6,14-16H,4,7-12H2. The molecule has 114 valence electrons. The first-order valence-corrected chi connectivity index (χ1v) is 8.95. The van der Waals surface area contributed by atoms with E-state index in [-0.39, 0.29) is 6.09 Å². The zero-order valence-corrected chi connectivity index (χ0v) is 13.8. The molecule has 2 unspecified atom stereocenters. The Labute approximate surface area is 134 Å². The minimum absolute atomic E-state index is 0.124. The lowest BCUT2D eigenvalue weighted by Gasteiger charge is -2.47. The Morgan fingerprint density at radius 3 is 2.48 bits per heavy atom. The lowest BCUT2D eigenvalue weighted by Crippen LogP contribution is -2.55. The van der Waals surface area contributed by atoms with Crippen molar-refractivity contribution in [1.29, 1.82) is 0 Å². The molecule has 2 atom stereocenters. The van der Waals surface area contributed by atoms with E-state index in [0.29, 0.717) is 24.6 Å². The van der Waals surface area contributed by atoms with E-state index in [2.05, 4.69) is 15.9 Å². The van der Waals surface area contributed by atoms with Gasteiger partial charge in [0.15, 0.2) is 0 Å². The zero-order valence-electron chi connectivity index (χ0n) is 12.2. The fraction of sp³-hybridized carbons (Fsp3) is 0.588. The van der Waals surface area contributed by atoms with Crippen LogP contribution in [0.3, 0.4) is 0 Å². The van der Waals surface area contributed by atoms with E-state index in [1.54, 1.807) is 0 Å². The highest BCUT2D eigenvalue weighted by Gasteiger charge is 2.41. The van der Waals surface area contributed by atoms with Gasteiger partial charge < -0.3 is 9.64 Å². The normalized spacial score (nSPS) is 28.2. The third-order valence-electron chi connectivity index (χ3n) is 4.71. The summed E-state index contributed by atoms with van der Waals surface area (Å²) >= 11 is 3.60. The molecule has 0 radical (unpaired) electrons. The Hall–Kier alpha value is -1.03. The average molecular weight is 352 g/mol. The molecule has 0 N–H and O–H groups in total. The molecular weight excluding hydrogens is 330 g/mol. The van der Waals surface area contributed by atoms with E-state index < -0.39 is 0 Å². The Morgan fingerprint density at radius 2 is 1.86 bits per heavy atom. The Balaban J connectivity index is 1.61. The van der Waals surface area contributed by atoms with Gasteiger partial charge in [-0.15, -0.1) is 0 Å². The summed E-state index contributed by atoms with van der Waals surface area (Å²) in [6.07, 6.45) is 5.60. The largest absolute Gasteiger partial charge is 0.445 e. The van der Waals surface area contributed by atoms with Crippen LogP contribution in [0.1, 0.15) is 37.7 Å². The van der Waals surface area contributed by atoms with Crippen molar-refractivity contribution in [3.8, 4) is 0 Å². The van der Waals surface area contributed by atoms with Crippen LogP contribution >= 0.6 is 15.9 Å². The van der Waals surface area contributed by atoms with Crippen molar-refractivity contribution < 1.29 is 9.53 Å². The molecule has 4 heteroatoms. The highest BCUT2D eigenvalue weighted by molar-refractivity contribution is 9.09. The van der Waals surface area contributed by atoms with Crippen LogP contribution in [0.4, 0.5) is 4.79 Å². The highest BCUT2D eigenvalue weighted by atomic mass is 79.9. The monoisotopic (exact) mass is 351 g/mol. The fourth-order valence-electron chi connectivity index (χ4n) is 3.71. The summed E-state index contributed by atoms with van der Waals surface area (Å²) in [7, 11) is 0. The summed E-state index contributed by atoms with van der Waals surface area (Å²) in [5, 5.41) is 1.05. The number of nitrogens with zero attached hydrogens (tertiary/aromatic N) is 1. The molecule has 1 aromatic carbocycles. The molecule has 2 aliphatic heterocycles. The van der Waals surface area contributed by atoms with Crippen LogP contribution in [0.15, 0.2) is 30.3 Å². The number of halogens is 1. The molecule has 2 heterocycles. The van der Waals surface area contributed by atoms with Crippen molar-refractivity contribution in [2.45, 2.75) is 50.8 Å². The first kappa shape index (κ1) is 14.9. The second kappa shape index (κ2) is 6.82. The molecule has 3 nitrogen and oxygen atoms in total. The summed E-state index contributed by atoms with van der Waals surface area (Å²) in [6, 6.07) is 10.7. The molecule has 1 aromatic rings. The van der Waals surface area contributed by atoms with Crippen LogP contribution < -0.4 is 0 Å². The topological polar surface area (TPSA) is 29.5 Å². The molecule has 1 amide bonds. The highest BCUT2D eigenvalue weighted by Crippen LogP contribution is 2.38. The van der Waals surface area contributed by atoms with Gasteiger partial charge in [0.05, 0.1) is 0 Å². The maximum absolute atomic E-state index is 12.5. The lowest BCUT2D eigenvalue weighted by atomic mass is 9.79. The molecule has 3 rings (SSSR count). The number of carbonyl (C=O) groups is 1. The molecule has 0 spiro atoms. The first-order valence-electron chi connectivity index (χ1n) is 7.83. The summed E-state index contributed by atoms with van der Waals surface area (Å²) in [4.78, 5) is 14.5. The number of carbonyl (C=O) groups excluding carboxylic acids is 1. The molecule has 0 aliphatic carbocycles. The van der Waals surface area contributed by atoms with E-state index in [1.165, 1.54) is 6.42 Å². The number of rotatable bonds is 3. The smallest absolute Gasteiger partial charge is 0.410 e. The van der Waals surface area contributed by atoms with Gasteiger partial charge in [-0.05, 0) is 43.6 Å². The van der Waals surface area contributed by atoms with Gasteiger partial charge in [0.25, 0.3) is 0 Å². The number of amides is 1. The average Bonchev–Trinajstić information content (AvgIpc) is 2.52. The van der Waals surface area contributed by atoms with E-state index in [4.69, 9.17) is 4.74 Å². The fourth-order valence-corrected chi connectivity index (χ4v) is 4.24. The maximum atomic E-state index is 12.5. The first-order chi connectivity index (χ1) is 10.3. The second-order valence-electron chi connectivity index (χ2n) is 6.18. The summed E-state index contributed by atoms with van der Waals surface area (Å²) in [6.45, 7) is 0.373. The molecule has 2 aliphatic rings. The second-order valence-corrected chi connectivity index (χ2v) is 6.83. The van der Waals surface area contributed by atoms with Gasteiger partial charge >= 0.3 is 6.09 Å². The maximum Gasteiger partial charge on any atom is 0.410 e. The number of hydrogen-bond donors (Lipinski definition) is 0. The Kier molecular flexibility index (Phi) is 4.84. The van der Waals surface area contributed by atoms with Crippen molar-refractivity contribution in [1.82, 2.24) is 4.90 Å². The van der Waals surface area contributed by atoms with Crippen LogP contribution in [0.2, 0.25) is 0 Å². The number of fused-ring (bicyclic) bond motifs is 2. The van der Waals surface area contributed by atoms with Gasteiger partial charge in [-0.25, -0.2) is 4.79 Å². The van der Waals surface area contributed by atoms with Crippen LogP contribution in [-0.4, -0.2) is 28.4 Å². The molecule has 21 heavy (non-hydrogen) atoms. The number of piperidine rings is 2. The van der Waals surface area contributed by atoms with E-state index in [0.717, 1.165) is 36.6 Å². The number of hydrogen-bond acceptors (Lipinski definition) is 2. The SMILES string of the molecule is O=C(OCc1ccccc1)N1C2CCCC1CC(CBr)C2. The van der Waals surface area contributed by atoms with Crippen molar-refractivity contribution in [2.75, 3.05) is 5.33 Å². The van der Waals surface area contributed by atoms with Crippen molar-refractivity contribution in [3.63, 3.8) is 0 Å². The van der Waals surface area contributed by atoms with Crippen LogP contribution in [0.25, 0.3) is 0 Å². The Morgan fingerprint density at radius 1 is 1.19 bits per heavy atom. The quantitative estimate of drug-likeness (QED) is 0.757. The lowest BCUT2D eigenvalue weighted by molar-refractivity contribution is 0.00685. The molecule has 2 fully saturated rings. The number of ether oxygens (including phenoxy) is 1. The van der Waals surface area contributed by atoms with E-state index >= 15 is 0 Å². The predicted octanol–water partition coefficient (Wildman–Crippen LogP) is 4.35. The van der Waals surface area contributed by atoms with Crippen molar-refractivity contribution >= 4 is 22.0 Å². The molecular formula is C17H22BrNO2. The molecule has 2 saturated heterocycles. The minimum Gasteiger partial charge on any atom is -0.445 e. The van der Waals surface area contributed by atoms with Gasteiger partial charge in [0.2, 0.25) is 0 Å². The third-order valence-corrected chi connectivity index (χ3v) is 5.62. The van der Waals surface area contributed by atoms with Gasteiger partial charge in [-0.3, -0.25) is 0 Å². The van der Waals surface area contributed by atoms with Gasteiger partial charge in [-0.2, -0.15) is 0 Å². The van der Waals surface area contributed by atoms with Crippen LogP contribution in [0, 0.1) is 5.92 Å². The van der Waals surface area contributed by atoms with Crippen molar-refractivity contribution in [3.05, 3.63) is 35.9 Å². The zero-order chi connectivity index (χ0) is 14.7. The van der Waals surface area contributed by atoms with Gasteiger partial charge in [0, 0.05) is 17.4 Å². The van der Waals surface area contributed by atoms with Crippen LogP contribution in [0.5, 0.6) is 0 Å². The molecule has 0 aromatic heterocycles. The number of alkyl halides is 1. The van der Waals surface area contributed by atoms with Crippen LogP contribution in [-0.2, 0) is 11.3 Å². The van der Waals surface area contributed by atoms with E-state index in [1.807, 2.05) is 35.2 Å². The third kappa shape index (κ3) is 3.42. The van der Waals surface area contributed by atoms with E-state index in [9.17, 15) is 4.79 Å². The minimum atomic E-state index is -0.124. The molecule has 2 bridgehead atoms. The Bertz CT molecular complexity index is 465. The van der Waals surface area contributed by atoms with Gasteiger partial charge in [-0.1, -0.05) is 46.3 Å². The van der Waals surface area contributed by atoms with Gasteiger partial charge in [0.1, 0.15) is 6.61 Å². The number of benzene rings is 1. The molecule has 0 saturated carbocycles. The van der Waals surface area contributed by atoms with Crippen molar-refractivity contribution in [2.24, 2.45) is 5.92 Å².